The van der Waals surface area contributed by atoms with Crippen molar-refractivity contribution >= 4 is 11.0 Å². The van der Waals surface area contributed by atoms with Gasteiger partial charge in [-0.1, -0.05) is 13.3 Å². The van der Waals surface area contributed by atoms with Crippen LogP contribution in [0.15, 0.2) is 16.9 Å². The maximum Gasteiger partial charge on any atom is 0.328 e. The lowest BCUT2D eigenvalue weighted by molar-refractivity contribution is 0.635. The average Bonchev–Trinajstić information content (AvgIpc) is 2.54. The summed E-state index contributed by atoms with van der Waals surface area (Å²) in [5.74, 6) is 0. The molecule has 0 saturated heterocycles. The van der Waals surface area contributed by atoms with E-state index in [4.69, 9.17) is 5.73 Å². The van der Waals surface area contributed by atoms with Crippen LogP contribution < -0.4 is 11.4 Å². The van der Waals surface area contributed by atoms with E-state index in [1.807, 2.05) is 0 Å². The smallest absolute Gasteiger partial charge is 0.324 e. The zero-order valence-corrected chi connectivity index (χ0v) is 11.5. The van der Waals surface area contributed by atoms with Crippen LogP contribution >= 0.6 is 0 Å². The van der Waals surface area contributed by atoms with Crippen LogP contribution in [-0.4, -0.2) is 9.13 Å². The highest BCUT2D eigenvalue weighted by molar-refractivity contribution is 5.78. The number of hydrogen-bond donors (Lipinski definition) is 1. The summed E-state index contributed by atoms with van der Waals surface area (Å²) >= 11 is 0. The van der Waals surface area contributed by atoms with Crippen LogP contribution in [0.2, 0.25) is 0 Å². The van der Waals surface area contributed by atoms with E-state index in [-0.39, 0.29) is 11.7 Å². The van der Waals surface area contributed by atoms with E-state index >= 15 is 0 Å². The molecule has 0 aliphatic rings. The summed E-state index contributed by atoms with van der Waals surface area (Å²) in [6, 6.07) is 4.17. The Balaban J connectivity index is 2.68. The van der Waals surface area contributed by atoms with Gasteiger partial charge in [0.2, 0.25) is 0 Å². The molecule has 2 aromatic rings. The number of imidazole rings is 1. The Kier molecular flexibility index (Phi) is 3.30. The van der Waals surface area contributed by atoms with Gasteiger partial charge in [-0.15, -0.1) is 0 Å². The summed E-state index contributed by atoms with van der Waals surface area (Å²) in [6.45, 7) is 4.19. The number of rotatable bonds is 3. The predicted molar refractivity (Wildman–Crippen MR) is 74.7 cm³/mol. The maximum absolute atomic E-state index is 11.9. The van der Waals surface area contributed by atoms with Gasteiger partial charge in [-0.25, -0.2) is 4.79 Å². The standard InChI is InChI=1S/C14H21N3O/c1-5-6-11(15)10-8-13-12(7-9(10)2)16(3)14(18)17(13)4/h7-8,11H,5-6,15H2,1-4H3. The van der Waals surface area contributed by atoms with Crippen LogP contribution in [-0.2, 0) is 14.1 Å². The molecular formula is C14H21N3O. The van der Waals surface area contributed by atoms with E-state index < -0.39 is 0 Å². The molecule has 0 spiro atoms. The lowest BCUT2D eigenvalue weighted by Crippen LogP contribution is -2.19. The first-order valence-corrected chi connectivity index (χ1v) is 6.39. The highest BCUT2D eigenvalue weighted by Crippen LogP contribution is 2.24. The number of nitrogens with two attached hydrogens (primary N) is 1. The van der Waals surface area contributed by atoms with Crippen LogP contribution in [0.3, 0.4) is 0 Å². The van der Waals surface area contributed by atoms with Crippen molar-refractivity contribution in [3.63, 3.8) is 0 Å². The van der Waals surface area contributed by atoms with Crippen molar-refractivity contribution in [1.82, 2.24) is 9.13 Å². The number of benzene rings is 1. The normalized spacial score (nSPS) is 13.2. The SMILES string of the molecule is CCCC(N)c1cc2c(cc1C)n(C)c(=O)n2C. The van der Waals surface area contributed by atoms with Gasteiger partial charge in [0.1, 0.15) is 0 Å². The van der Waals surface area contributed by atoms with Crippen molar-refractivity contribution in [2.75, 3.05) is 0 Å². The first kappa shape index (κ1) is 12.9. The summed E-state index contributed by atoms with van der Waals surface area (Å²) in [6.07, 6.45) is 2.03. The molecule has 1 unspecified atom stereocenters. The third-order valence-electron chi connectivity index (χ3n) is 3.66. The Labute approximate surface area is 107 Å². The van der Waals surface area contributed by atoms with Gasteiger partial charge in [0.05, 0.1) is 11.0 Å². The van der Waals surface area contributed by atoms with Crippen LogP contribution in [0.4, 0.5) is 0 Å². The number of nitrogens with zero attached hydrogens (tertiary/aromatic N) is 2. The van der Waals surface area contributed by atoms with Crippen LogP contribution in [0.25, 0.3) is 11.0 Å². The van der Waals surface area contributed by atoms with Crippen molar-refractivity contribution < 1.29 is 0 Å². The van der Waals surface area contributed by atoms with Crippen LogP contribution in [0.5, 0.6) is 0 Å². The molecule has 0 aliphatic carbocycles. The molecule has 0 bridgehead atoms. The summed E-state index contributed by atoms with van der Waals surface area (Å²) < 4.78 is 3.36. The highest BCUT2D eigenvalue weighted by Gasteiger charge is 2.14. The van der Waals surface area contributed by atoms with Crippen molar-refractivity contribution in [2.45, 2.75) is 32.7 Å². The van der Waals surface area contributed by atoms with Gasteiger partial charge in [0.15, 0.2) is 0 Å². The summed E-state index contributed by atoms with van der Waals surface area (Å²) in [5, 5.41) is 0. The lowest BCUT2D eigenvalue weighted by atomic mass is 9.98. The fourth-order valence-corrected chi connectivity index (χ4v) is 2.53. The molecule has 1 aromatic carbocycles. The van der Waals surface area contributed by atoms with Crippen LogP contribution in [0, 0.1) is 6.92 Å². The summed E-state index contributed by atoms with van der Waals surface area (Å²) in [7, 11) is 3.60. The molecule has 1 atom stereocenters. The van der Waals surface area contributed by atoms with E-state index in [2.05, 4.69) is 26.0 Å². The summed E-state index contributed by atoms with van der Waals surface area (Å²) in [5.41, 5.74) is 10.4. The molecule has 0 aliphatic heterocycles. The minimum atomic E-state index is 0.00520. The van der Waals surface area contributed by atoms with Gasteiger partial charge >= 0.3 is 5.69 Å². The third kappa shape index (κ3) is 1.86. The Morgan fingerprint density at radius 2 is 1.78 bits per heavy atom. The molecule has 2 N–H and O–H groups in total. The number of hydrogen-bond acceptors (Lipinski definition) is 2. The minimum absolute atomic E-state index is 0.00520. The zero-order valence-electron chi connectivity index (χ0n) is 11.5. The molecule has 18 heavy (non-hydrogen) atoms. The summed E-state index contributed by atoms with van der Waals surface area (Å²) in [4.78, 5) is 11.9. The van der Waals surface area contributed by atoms with Crippen molar-refractivity contribution in [1.29, 1.82) is 0 Å². The average molecular weight is 247 g/mol. The van der Waals surface area contributed by atoms with Gasteiger partial charge in [0, 0.05) is 20.1 Å². The zero-order chi connectivity index (χ0) is 13.4. The fraction of sp³-hybridized carbons (Fsp3) is 0.500. The number of fused-ring (bicyclic) bond motifs is 1. The van der Waals surface area contributed by atoms with E-state index in [1.165, 1.54) is 0 Å². The molecule has 4 nitrogen and oxygen atoms in total. The maximum atomic E-state index is 11.9. The fourth-order valence-electron chi connectivity index (χ4n) is 2.53. The third-order valence-corrected chi connectivity index (χ3v) is 3.66. The quantitative estimate of drug-likeness (QED) is 0.901. The van der Waals surface area contributed by atoms with Crippen molar-refractivity contribution in [3.05, 3.63) is 33.7 Å². The Hall–Kier alpha value is -1.55. The Morgan fingerprint density at radius 3 is 2.33 bits per heavy atom. The minimum Gasteiger partial charge on any atom is -0.324 e. The topological polar surface area (TPSA) is 52.9 Å². The molecule has 2 rings (SSSR count). The molecule has 1 heterocycles. The first-order valence-electron chi connectivity index (χ1n) is 6.39. The van der Waals surface area contributed by atoms with E-state index in [0.717, 1.165) is 35.0 Å². The second-order valence-electron chi connectivity index (χ2n) is 4.99. The largest absolute Gasteiger partial charge is 0.328 e. The molecule has 0 fully saturated rings. The van der Waals surface area contributed by atoms with Gasteiger partial charge in [-0.3, -0.25) is 9.13 Å². The molecule has 0 amide bonds. The molecule has 4 heteroatoms. The molecular weight excluding hydrogens is 226 g/mol. The van der Waals surface area contributed by atoms with Crippen molar-refractivity contribution in [2.24, 2.45) is 19.8 Å². The molecule has 0 saturated carbocycles. The number of aryl methyl sites for hydroxylation is 3. The van der Waals surface area contributed by atoms with E-state index in [9.17, 15) is 4.79 Å². The lowest BCUT2D eigenvalue weighted by Gasteiger charge is -2.14. The van der Waals surface area contributed by atoms with Gasteiger partial charge in [-0.2, -0.15) is 0 Å². The van der Waals surface area contributed by atoms with E-state index in [1.54, 1.807) is 23.2 Å². The number of aromatic nitrogens is 2. The molecule has 1 aromatic heterocycles. The van der Waals surface area contributed by atoms with Gasteiger partial charge in [0.25, 0.3) is 0 Å². The second kappa shape index (κ2) is 4.61. The van der Waals surface area contributed by atoms with Gasteiger partial charge in [-0.05, 0) is 36.6 Å². The van der Waals surface area contributed by atoms with E-state index in [0.29, 0.717) is 0 Å². The second-order valence-corrected chi connectivity index (χ2v) is 4.99. The van der Waals surface area contributed by atoms with Gasteiger partial charge < -0.3 is 5.73 Å². The monoisotopic (exact) mass is 247 g/mol. The Morgan fingerprint density at radius 1 is 1.22 bits per heavy atom. The van der Waals surface area contributed by atoms with Crippen molar-refractivity contribution in [3.8, 4) is 0 Å². The highest BCUT2D eigenvalue weighted by atomic mass is 16.1. The predicted octanol–water partition coefficient (Wildman–Crippen LogP) is 1.99. The molecule has 98 valence electrons. The van der Waals surface area contributed by atoms with Crippen LogP contribution in [0.1, 0.15) is 36.9 Å². The Bertz CT molecular complexity index is 637. The first-order chi connectivity index (χ1) is 8.47. The molecule has 0 radical (unpaired) electrons.